The van der Waals surface area contributed by atoms with Gasteiger partial charge in [0.15, 0.2) is 0 Å². The fourth-order valence-corrected chi connectivity index (χ4v) is 0.855. The van der Waals surface area contributed by atoms with Gasteiger partial charge in [-0.15, -0.1) is 0 Å². The molecule has 0 fully saturated rings. The summed E-state index contributed by atoms with van der Waals surface area (Å²) in [6, 6.07) is 9.79. The standard InChI is InChI=1S/C10H11FO/c11-7-4-8-12-9-10-5-2-1-3-6-10/h1-7H,8-9H2/b7-4-. The fraction of sp³-hybridized carbons (Fsp3) is 0.200. The Balaban J connectivity index is 2.24. The van der Waals surface area contributed by atoms with Gasteiger partial charge in [-0.3, -0.25) is 0 Å². The van der Waals surface area contributed by atoms with Gasteiger partial charge in [-0.05, 0) is 11.6 Å². The maximum absolute atomic E-state index is 11.5. The molecule has 1 aromatic rings. The predicted octanol–water partition coefficient (Wildman–Crippen LogP) is 2.69. The molecule has 0 aliphatic rings. The van der Waals surface area contributed by atoms with Crippen molar-refractivity contribution in [1.82, 2.24) is 0 Å². The number of ether oxygens (including phenoxy) is 1. The average Bonchev–Trinajstić information content (AvgIpc) is 2.14. The highest BCUT2D eigenvalue weighted by molar-refractivity contribution is 5.13. The fourth-order valence-electron chi connectivity index (χ4n) is 0.855. The van der Waals surface area contributed by atoms with Crippen molar-refractivity contribution >= 4 is 0 Å². The lowest BCUT2D eigenvalue weighted by atomic mass is 10.2. The lowest BCUT2D eigenvalue weighted by molar-refractivity contribution is 0.148. The van der Waals surface area contributed by atoms with Crippen molar-refractivity contribution in [2.45, 2.75) is 6.61 Å². The number of hydrogen-bond donors (Lipinski definition) is 0. The van der Waals surface area contributed by atoms with Gasteiger partial charge in [-0.2, -0.15) is 0 Å². The van der Waals surface area contributed by atoms with Crippen LogP contribution in [0.2, 0.25) is 0 Å². The molecular formula is C10H11FO. The van der Waals surface area contributed by atoms with E-state index in [1.54, 1.807) is 0 Å². The largest absolute Gasteiger partial charge is 0.373 e. The summed E-state index contributed by atoms with van der Waals surface area (Å²) in [5, 5.41) is 0. The lowest BCUT2D eigenvalue weighted by Crippen LogP contribution is -1.91. The van der Waals surface area contributed by atoms with Crippen molar-refractivity contribution in [2.75, 3.05) is 6.61 Å². The molecule has 0 spiro atoms. The molecule has 12 heavy (non-hydrogen) atoms. The third kappa shape index (κ3) is 3.30. The Morgan fingerprint density at radius 1 is 1.25 bits per heavy atom. The first-order valence-electron chi connectivity index (χ1n) is 3.80. The third-order valence-electron chi connectivity index (χ3n) is 1.41. The number of rotatable bonds is 4. The molecule has 1 aromatic carbocycles. The summed E-state index contributed by atoms with van der Waals surface area (Å²) >= 11 is 0. The molecule has 0 unspecified atom stereocenters. The molecule has 0 aliphatic carbocycles. The highest BCUT2D eigenvalue weighted by Crippen LogP contribution is 1.99. The molecule has 1 rings (SSSR count). The van der Waals surface area contributed by atoms with Crippen LogP contribution in [0.25, 0.3) is 0 Å². The molecule has 0 atom stereocenters. The van der Waals surface area contributed by atoms with Gasteiger partial charge < -0.3 is 4.74 Å². The molecule has 64 valence electrons. The van der Waals surface area contributed by atoms with Gasteiger partial charge in [0.1, 0.15) is 0 Å². The van der Waals surface area contributed by atoms with Crippen LogP contribution in [-0.2, 0) is 11.3 Å². The van der Waals surface area contributed by atoms with Gasteiger partial charge in [0.2, 0.25) is 0 Å². The van der Waals surface area contributed by atoms with E-state index in [1.165, 1.54) is 6.08 Å². The molecule has 2 heteroatoms. The highest BCUT2D eigenvalue weighted by Gasteiger charge is 1.88. The van der Waals surface area contributed by atoms with Gasteiger partial charge in [0.25, 0.3) is 0 Å². The second kappa shape index (κ2) is 5.49. The maximum Gasteiger partial charge on any atom is 0.0849 e. The summed E-state index contributed by atoms with van der Waals surface area (Å²) in [5.41, 5.74) is 1.10. The third-order valence-corrected chi connectivity index (χ3v) is 1.41. The molecule has 0 aliphatic heterocycles. The van der Waals surface area contributed by atoms with E-state index in [9.17, 15) is 4.39 Å². The van der Waals surface area contributed by atoms with E-state index in [2.05, 4.69) is 0 Å². The Bertz CT molecular complexity index is 231. The minimum atomic E-state index is 0.325. The zero-order chi connectivity index (χ0) is 8.65. The van der Waals surface area contributed by atoms with E-state index in [1.807, 2.05) is 30.3 Å². The summed E-state index contributed by atoms with van der Waals surface area (Å²) in [6.45, 7) is 0.858. The second-order valence-electron chi connectivity index (χ2n) is 2.36. The van der Waals surface area contributed by atoms with Crippen molar-refractivity contribution in [3.8, 4) is 0 Å². The summed E-state index contributed by atoms with van der Waals surface area (Å²) < 4.78 is 16.6. The number of halogens is 1. The smallest absolute Gasteiger partial charge is 0.0849 e. The van der Waals surface area contributed by atoms with E-state index in [4.69, 9.17) is 4.74 Å². The van der Waals surface area contributed by atoms with E-state index in [0.29, 0.717) is 19.5 Å². The van der Waals surface area contributed by atoms with Crippen LogP contribution in [0.3, 0.4) is 0 Å². The zero-order valence-electron chi connectivity index (χ0n) is 6.74. The Hall–Kier alpha value is -1.15. The Kier molecular flexibility index (Phi) is 4.09. The number of benzene rings is 1. The van der Waals surface area contributed by atoms with Crippen LogP contribution in [0.4, 0.5) is 4.39 Å². The SMILES string of the molecule is F/C=C\COCc1ccccc1. The average molecular weight is 166 g/mol. The first-order chi connectivity index (χ1) is 5.93. The van der Waals surface area contributed by atoms with Gasteiger partial charge in [0, 0.05) is 0 Å². The molecule has 1 nitrogen and oxygen atoms in total. The van der Waals surface area contributed by atoms with Crippen LogP contribution in [0.5, 0.6) is 0 Å². The zero-order valence-corrected chi connectivity index (χ0v) is 6.74. The molecule has 0 N–H and O–H groups in total. The van der Waals surface area contributed by atoms with Crippen LogP contribution >= 0.6 is 0 Å². The van der Waals surface area contributed by atoms with E-state index < -0.39 is 0 Å². The first kappa shape index (κ1) is 8.94. The minimum Gasteiger partial charge on any atom is -0.373 e. The quantitative estimate of drug-likeness (QED) is 0.625. The second-order valence-corrected chi connectivity index (χ2v) is 2.36. The first-order valence-corrected chi connectivity index (χ1v) is 3.80. The van der Waals surface area contributed by atoms with Crippen molar-refractivity contribution in [3.05, 3.63) is 48.3 Å². The van der Waals surface area contributed by atoms with Gasteiger partial charge in [-0.1, -0.05) is 30.3 Å². The Labute approximate surface area is 71.5 Å². The number of hydrogen-bond acceptors (Lipinski definition) is 1. The van der Waals surface area contributed by atoms with Crippen molar-refractivity contribution in [2.24, 2.45) is 0 Å². The lowest BCUT2D eigenvalue weighted by Gasteiger charge is -1.99. The van der Waals surface area contributed by atoms with Crippen molar-refractivity contribution in [1.29, 1.82) is 0 Å². The van der Waals surface area contributed by atoms with Crippen LogP contribution < -0.4 is 0 Å². The van der Waals surface area contributed by atoms with E-state index in [-0.39, 0.29) is 0 Å². The van der Waals surface area contributed by atoms with Gasteiger partial charge in [-0.25, -0.2) is 4.39 Å². The normalized spacial score (nSPS) is 10.8. The summed E-state index contributed by atoms with van der Waals surface area (Å²) in [5.74, 6) is 0. The topological polar surface area (TPSA) is 9.23 Å². The summed E-state index contributed by atoms with van der Waals surface area (Å²) in [6.07, 6.45) is 1.83. The van der Waals surface area contributed by atoms with Crippen molar-refractivity contribution < 1.29 is 9.13 Å². The molecule has 0 heterocycles. The predicted molar refractivity (Wildman–Crippen MR) is 46.3 cm³/mol. The maximum atomic E-state index is 11.5. The minimum absolute atomic E-state index is 0.325. The molecule has 0 saturated carbocycles. The molecule has 0 bridgehead atoms. The van der Waals surface area contributed by atoms with Crippen LogP contribution in [0.15, 0.2) is 42.7 Å². The molecule has 0 saturated heterocycles. The van der Waals surface area contributed by atoms with Crippen LogP contribution in [0.1, 0.15) is 5.56 Å². The van der Waals surface area contributed by atoms with Crippen LogP contribution in [-0.4, -0.2) is 6.61 Å². The molecule has 0 amide bonds. The molecular weight excluding hydrogens is 155 g/mol. The van der Waals surface area contributed by atoms with E-state index >= 15 is 0 Å². The summed E-state index contributed by atoms with van der Waals surface area (Å²) in [7, 11) is 0. The molecule has 0 aromatic heterocycles. The Morgan fingerprint density at radius 2 is 2.00 bits per heavy atom. The van der Waals surface area contributed by atoms with Crippen LogP contribution in [0, 0.1) is 0 Å². The van der Waals surface area contributed by atoms with Crippen molar-refractivity contribution in [3.63, 3.8) is 0 Å². The van der Waals surface area contributed by atoms with E-state index in [0.717, 1.165) is 5.56 Å². The Morgan fingerprint density at radius 3 is 2.67 bits per heavy atom. The summed E-state index contributed by atoms with van der Waals surface area (Å²) in [4.78, 5) is 0. The van der Waals surface area contributed by atoms with Gasteiger partial charge >= 0.3 is 0 Å². The highest BCUT2D eigenvalue weighted by atomic mass is 19.1. The molecule has 0 radical (unpaired) electrons. The monoisotopic (exact) mass is 166 g/mol. The van der Waals surface area contributed by atoms with Gasteiger partial charge in [0.05, 0.1) is 19.5 Å².